The third kappa shape index (κ3) is 4.07. The zero-order valence-corrected chi connectivity index (χ0v) is 12.0. The number of carbonyl (C=O) groups is 1. The molecule has 0 aliphatic carbocycles. The maximum atomic E-state index is 10.6. The van der Waals surface area contributed by atoms with Crippen molar-refractivity contribution in [3.05, 3.63) is 35.1 Å². The van der Waals surface area contributed by atoms with Crippen molar-refractivity contribution in [2.75, 3.05) is 7.11 Å². The minimum atomic E-state index is -0.862. The number of carboxylic acid groups (broad SMARTS) is 1. The van der Waals surface area contributed by atoms with Gasteiger partial charge in [-0.05, 0) is 41.1 Å². The van der Waals surface area contributed by atoms with Crippen LogP contribution in [0.5, 0.6) is 6.01 Å². The van der Waals surface area contributed by atoms with Crippen LogP contribution in [0, 0.1) is 0 Å². The molecule has 0 aliphatic heterocycles. The van der Waals surface area contributed by atoms with Crippen molar-refractivity contribution in [2.45, 2.75) is 16.5 Å². The van der Waals surface area contributed by atoms with Crippen molar-refractivity contribution in [3.63, 3.8) is 0 Å². The predicted octanol–water partition coefficient (Wildman–Crippen LogP) is 2.31. The van der Waals surface area contributed by atoms with Gasteiger partial charge in [0.15, 0.2) is 5.16 Å². The van der Waals surface area contributed by atoms with E-state index in [1.54, 1.807) is 24.3 Å². The third-order valence-electron chi connectivity index (χ3n) is 2.24. The number of rotatable bonds is 5. The van der Waals surface area contributed by atoms with Gasteiger partial charge in [0.2, 0.25) is 5.28 Å². The van der Waals surface area contributed by atoms with Crippen molar-refractivity contribution in [2.24, 2.45) is 0 Å². The number of hydrogen-bond acceptors (Lipinski definition) is 6. The standard InChI is InChI=1S/C12H10ClN3O3S/c1-19-11-14-10(13)15-12(16-11)20-8-4-2-7(3-5-8)6-9(17)18/h2-5H,6H2,1H3,(H,17,18). The number of halogens is 1. The number of carboxylic acids is 1. The molecule has 104 valence electrons. The molecular weight excluding hydrogens is 302 g/mol. The molecule has 0 saturated carbocycles. The van der Waals surface area contributed by atoms with Gasteiger partial charge in [-0.1, -0.05) is 12.1 Å². The highest BCUT2D eigenvalue weighted by atomic mass is 35.5. The Morgan fingerprint density at radius 3 is 2.60 bits per heavy atom. The van der Waals surface area contributed by atoms with E-state index in [9.17, 15) is 4.79 Å². The number of aliphatic carboxylic acids is 1. The molecule has 2 aromatic rings. The Morgan fingerprint density at radius 2 is 2.00 bits per heavy atom. The van der Waals surface area contributed by atoms with Crippen LogP contribution >= 0.6 is 23.4 Å². The molecule has 1 aromatic carbocycles. The molecule has 0 radical (unpaired) electrons. The maximum Gasteiger partial charge on any atom is 0.321 e. The summed E-state index contributed by atoms with van der Waals surface area (Å²) in [4.78, 5) is 23.3. The molecule has 0 bridgehead atoms. The Kier molecular flexibility index (Phi) is 4.75. The van der Waals surface area contributed by atoms with Gasteiger partial charge in [-0.15, -0.1) is 0 Å². The van der Waals surface area contributed by atoms with E-state index in [1.165, 1.54) is 18.9 Å². The molecule has 1 N–H and O–H groups in total. The second kappa shape index (κ2) is 6.53. The second-order valence-electron chi connectivity index (χ2n) is 3.69. The molecule has 0 spiro atoms. The number of ether oxygens (including phenoxy) is 1. The fourth-order valence-corrected chi connectivity index (χ4v) is 2.35. The fourth-order valence-electron chi connectivity index (χ4n) is 1.41. The van der Waals surface area contributed by atoms with E-state index in [0.29, 0.717) is 5.16 Å². The zero-order valence-electron chi connectivity index (χ0n) is 10.4. The summed E-state index contributed by atoms with van der Waals surface area (Å²) < 4.78 is 4.91. The van der Waals surface area contributed by atoms with Gasteiger partial charge in [0, 0.05) is 4.90 Å². The van der Waals surface area contributed by atoms with Gasteiger partial charge < -0.3 is 9.84 Å². The van der Waals surface area contributed by atoms with Crippen LogP contribution in [-0.4, -0.2) is 33.1 Å². The van der Waals surface area contributed by atoms with Gasteiger partial charge in [0.25, 0.3) is 0 Å². The molecule has 0 fully saturated rings. The summed E-state index contributed by atoms with van der Waals surface area (Å²) in [6.07, 6.45) is -0.00362. The first-order chi connectivity index (χ1) is 9.56. The van der Waals surface area contributed by atoms with E-state index in [-0.39, 0.29) is 17.7 Å². The van der Waals surface area contributed by atoms with Crippen LogP contribution in [0.1, 0.15) is 5.56 Å². The van der Waals surface area contributed by atoms with Gasteiger partial charge in [-0.3, -0.25) is 4.79 Å². The van der Waals surface area contributed by atoms with Gasteiger partial charge >= 0.3 is 12.0 Å². The topological polar surface area (TPSA) is 85.2 Å². The minimum Gasteiger partial charge on any atom is -0.481 e. The molecule has 1 heterocycles. The molecule has 0 amide bonds. The average molecular weight is 312 g/mol. The number of methoxy groups -OCH3 is 1. The molecule has 0 saturated heterocycles. The molecule has 0 unspecified atom stereocenters. The van der Waals surface area contributed by atoms with Gasteiger partial charge in [0.05, 0.1) is 13.5 Å². The third-order valence-corrected chi connectivity index (χ3v) is 3.28. The maximum absolute atomic E-state index is 10.6. The lowest BCUT2D eigenvalue weighted by molar-refractivity contribution is -0.136. The lowest BCUT2D eigenvalue weighted by Crippen LogP contribution is -1.99. The first-order valence-corrected chi connectivity index (χ1v) is 6.70. The quantitative estimate of drug-likeness (QED) is 0.906. The van der Waals surface area contributed by atoms with Crippen LogP contribution in [0.15, 0.2) is 34.3 Å². The summed E-state index contributed by atoms with van der Waals surface area (Å²) in [6.45, 7) is 0. The molecule has 1 aromatic heterocycles. The van der Waals surface area contributed by atoms with Crippen LogP contribution in [0.25, 0.3) is 0 Å². The summed E-state index contributed by atoms with van der Waals surface area (Å²) in [7, 11) is 1.45. The summed E-state index contributed by atoms with van der Waals surface area (Å²) in [5.41, 5.74) is 0.730. The number of aromatic nitrogens is 3. The van der Waals surface area contributed by atoms with Crippen molar-refractivity contribution in [3.8, 4) is 6.01 Å². The van der Waals surface area contributed by atoms with E-state index in [2.05, 4.69) is 15.0 Å². The van der Waals surface area contributed by atoms with Crippen molar-refractivity contribution < 1.29 is 14.6 Å². The fraction of sp³-hybridized carbons (Fsp3) is 0.167. The van der Waals surface area contributed by atoms with E-state index < -0.39 is 5.97 Å². The second-order valence-corrected chi connectivity index (χ2v) is 5.07. The van der Waals surface area contributed by atoms with Gasteiger partial charge in [0.1, 0.15) is 0 Å². The van der Waals surface area contributed by atoms with E-state index >= 15 is 0 Å². The molecule has 8 heteroatoms. The highest BCUT2D eigenvalue weighted by Gasteiger charge is 2.07. The summed E-state index contributed by atoms with van der Waals surface area (Å²) >= 11 is 7.04. The van der Waals surface area contributed by atoms with Crippen LogP contribution in [0.2, 0.25) is 5.28 Å². The largest absolute Gasteiger partial charge is 0.481 e. The number of nitrogens with zero attached hydrogens (tertiary/aromatic N) is 3. The molecule has 2 rings (SSSR count). The highest BCUT2D eigenvalue weighted by Crippen LogP contribution is 2.26. The Morgan fingerprint density at radius 1 is 1.30 bits per heavy atom. The van der Waals surface area contributed by atoms with Crippen LogP contribution in [0.3, 0.4) is 0 Å². The van der Waals surface area contributed by atoms with Crippen LogP contribution < -0.4 is 4.74 Å². The lowest BCUT2D eigenvalue weighted by Gasteiger charge is -2.03. The molecule has 20 heavy (non-hydrogen) atoms. The van der Waals surface area contributed by atoms with Gasteiger partial charge in [-0.25, -0.2) is 0 Å². The Hall–Kier alpha value is -1.86. The lowest BCUT2D eigenvalue weighted by atomic mass is 10.2. The monoisotopic (exact) mass is 311 g/mol. The summed E-state index contributed by atoms with van der Waals surface area (Å²) in [5.74, 6) is -0.862. The Labute approximate surface area is 124 Å². The number of hydrogen-bond donors (Lipinski definition) is 1. The molecular formula is C12H10ClN3O3S. The number of benzene rings is 1. The van der Waals surface area contributed by atoms with E-state index in [0.717, 1.165) is 10.5 Å². The smallest absolute Gasteiger partial charge is 0.321 e. The average Bonchev–Trinajstić information content (AvgIpc) is 2.39. The highest BCUT2D eigenvalue weighted by molar-refractivity contribution is 7.99. The molecule has 0 aliphatic rings. The van der Waals surface area contributed by atoms with E-state index in [4.69, 9.17) is 21.4 Å². The normalized spacial score (nSPS) is 10.3. The van der Waals surface area contributed by atoms with Crippen LogP contribution in [-0.2, 0) is 11.2 Å². The zero-order chi connectivity index (χ0) is 14.5. The summed E-state index contributed by atoms with van der Waals surface area (Å²) in [6, 6.07) is 7.24. The first-order valence-electron chi connectivity index (χ1n) is 5.51. The SMILES string of the molecule is COc1nc(Cl)nc(Sc2ccc(CC(=O)O)cc2)n1. The van der Waals surface area contributed by atoms with Crippen LogP contribution in [0.4, 0.5) is 0 Å². The minimum absolute atomic E-state index is 0.00362. The predicted molar refractivity (Wildman–Crippen MR) is 73.3 cm³/mol. The van der Waals surface area contributed by atoms with Crippen molar-refractivity contribution in [1.29, 1.82) is 0 Å². The van der Waals surface area contributed by atoms with E-state index in [1.807, 2.05) is 0 Å². The van der Waals surface area contributed by atoms with Crippen molar-refractivity contribution >= 4 is 29.3 Å². The first kappa shape index (κ1) is 14.5. The molecule has 6 nitrogen and oxygen atoms in total. The molecule has 0 atom stereocenters. The Bertz CT molecular complexity index is 622. The van der Waals surface area contributed by atoms with Gasteiger partial charge in [-0.2, -0.15) is 15.0 Å². The summed E-state index contributed by atoms with van der Waals surface area (Å²) in [5, 5.41) is 9.17. The van der Waals surface area contributed by atoms with Crippen molar-refractivity contribution in [1.82, 2.24) is 15.0 Å². The Balaban J connectivity index is 2.13.